The molecule has 0 bridgehead atoms. The normalized spacial score (nSPS) is 17.2. The van der Waals surface area contributed by atoms with E-state index in [4.69, 9.17) is 4.74 Å². The summed E-state index contributed by atoms with van der Waals surface area (Å²) in [5.41, 5.74) is 0.638. The maximum absolute atomic E-state index is 12.4. The Labute approximate surface area is 142 Å². The number of ether oxygens (including phenoxy) is 1. The monoisotopic (exact) mass is 334 g/mol. The highest BCUT2D eigenvalue weighted by Crippen LogP contribution is 2.18. The molecule has 0 saturated carbocycles. The third-order valence-electron chi connectivity index (χ3n) is 4.07. The Hall–Kier alpha value is -2.31. The molecule has 0 radical (unpaired) electrons. The summed E-state index contributed by atoms with van der Waals surface area (Å²) >= 11 is 0. The molecule has 0 aliphatic carbocycles. The first-order valence-electron chi connectivity index (χ1n) is 8.45. The molecule has 2 rings (SSSR count). The van der Waals surface area contributed by atoms with Crippen LogP contribution < -0.4 is 15.4 Å². The van der Waals surface area contributed by atoms with E-state index in [2.05, 4.69) is 15.6 Å². The van der Waals surface area contributed by atoms with Crippen molar-refractivity contribution in [2.45, 2.75) is 32.6 Å². The number of urea groups is 1. The lowest BCUT2D eigenvalue weighted by atomic mass is 9.98. The lowest BCUT2D eigenvalue weighted by Crippen LogP contribution is -2.45. The van der Waals surface area contributed by atoms with Crippen LogP contribution in [0.25, 0.3) is 0 Å². The number of rotatable bonds is 6. The molecule has 0 unspecified atom stereocenters. The molecule has 1 aliphatic heterocycles. The molecule has 1 atom stereocenters. The van der Waals surface area contributed by atoms with E-state index in [1.165, 1.54) is 0 Å². The number of aromatic nitrogens is 1. The Morgan fingerprint density at radius 2 is 2.25 bits per heavy atom. The SMILES string of the molecule is CCCC(=O)NC[C@H]1CCCN(C(=O)Nc2ccc(OC)nc2)C1. The first-order chi connectivity index (χ1) is 11.6. The van der Waals surface area contributed by atoms with Gasteiger partial charge in [0.2, 0.25) is 11.8 Å². The van der Waals surface area contributed by atoms with Gasteiger partial charge in [-0.05, 0) is 31.2 Å². The number of nitrogens with zero attached hydrogens (tertiary/aromatic N) is 2. The summed E-state index contributed by atoms with van der Waals surface area (Å²) in [7, 11) is 1.55. The Kier molecular flexibility index (Phi) is 6.84. The predicted octanol–water partition coefficient (Wildman–Crippen LogP) is 2.25. The smallest absolute Gasteiger partial charge is 0.321 e. The lowest BCUT2D eigenvalue weighted by molar-refractivity contribution is -0.121. The van der Waals surface area contributed by atoms with E-state index in [0.717, 1.165) is 25.8 Å². The molecular weight excluding hydrogens is 308 g/mol. The topological polar surface area (TPSA) is 83.6 Å². The number of piperidine rings is 1. The van der Waals surface area contributed by atoms with Gasteiger partial charge in [0.15, 0.2) is 0 Å². The molecule has 1 aromatic heterocycles. The lowest BCUT2D eigenvalue weighted by Gasteiger charge is -2.32. The Morgan fingerprint density at radius 1 is 1.42 bits per heavy atom. The summed E-state index contributed by atoms with van der Waals surface area (Å²) in [6.45, 7) is 4.00. The average Bonchev–Trinajstić information content (AvgIpc) is 2.61. The number of methoxy groups -OCH3 is 1. The molecule has 0 spiro atoms. The number of pyridine rings is 1. The van der Waals surface area contributed by atoms with Crippen LogP contribution in [0.2, 0.25) is 0 Å². The van der Waals surface area contributed by atoms with Crippen LogP contribution in [0.5, 0.6) is 5.88 Å². The van der Waals surface area contributed by atoms with Crippen molar-refractivity contribution >= 4 is 17.6 Å². The molecule has 7 nitrogen and oxygen atoms in total. The summed E-state index contributed by atoms with van der Waals surface area (Å²) in [6.07, 6.45) is 4.95. The fourth-order valence-corrected chi connectivity index (χ4v) is 2.77. The minimum atomic E-state index is -0.133. The number of anilines is 1. The van der Waals surface area contributed by atoms with Crippen molar-refractivity contribution in [3.05, 3.63) is 18.3 Å². The zero-order valence-electron chi connectivity index (χ0n) is 14.4. The van der Waals surface area contributed by atoms with Crippen molar-refractivity contribution in [1.29, 1.82) is 0 Å². The molecule has 2 heterocycles. The Balaban J connectivity index is 1.81. The second-order valence-corrected chi connectivity index (χ2v) is 6.03. The van der Waals surface area contributed by atoms with Crippen LogP contribution in [-0.4, -0.2) is 48.6 Å². The van der Waals surface area contributed by atoms with Crippen LogP contribution in [-0.2, 0) is 4.79 Å². The molecule has 24 heavy (non-hydrogen) atoms. The number of hydrogen-bond donors (Lipinski definition) is 2. The van der Waals surface area contributed by atoms with Gasteiger partial charge in [0.1, 0.15) is 0 Å². The average molecular weight is 334 g/mol. The highest BCUT2D eigenvalue weighted by Gasteiger charge is 2.24. The van der Waals surface area contributed by atoms with Gasteiger partial charge in [-0.25, -0.2) is 9.78 Å². The van der Waals surface area contributed by atoms with Gasteiger partial charge in [0.05, 0.1) is 19.0 Å². The minimum absolute atomic E-state index is 0.0865. The molecule has 0 aromatic carbocycles. The van der Waals surface area contributed by atoms with Gasteiger partial charge in [-0.15, -0.1) is 0 Å². The maximum Gasteiger partial charge on any atom is 0.321 e. The number of carbonyl (C=O) groups is 2. The number of amides is 3. The van der Waals surface area contributed by atoms with E-state index in [9.17, 15) is 9.59 Å². The van der Waals surface area contributed by atoms with Crippen molar-refractivity contribution in [3.63, 3.8) is 0 Å². The minimum Gasteiger partial charge on any atom is -0.481 e. The summed E-state index contributed by atoms with van der Waals surface area (Å²) in [4.78, 5) is 29.8. The summed E-state index contributed by atoms with van der Waals surface area (Å²) in [6, 6.07) is 3.33. The maximum atomic E-state index is 12.4. The Bertz CT molecular complexity index is 547. The Morgan fingerprint density at radius 3 is 2.92 bits per heavy atom. The summed E-state index contributed by atoms with van der Waals surface area (Å²) < 4.78 is 5.00. The van der Waals surface area contributed by atoms with Crippen LogP contribution in [0.1, 0.15) is 32.6 Å². The van der Waals surface area contributed by atoms with Crippen molar-refractivity contribution in [2.24, 2.45) is 5.92 Å². The highest BCUT2D eigenvalue weighted by atomic mass is 16.5. The van der Waals surface area contributed by atoms with E-state index < -0.39 is 0 Å². The van der Waals surface area contributed by atoms with Gasteiger partial charge in [-0.1, -0.05) is 6.92 Å². The molecule has 1 aromatic rings. The van der Waals surface area contributed by atoms with Gasteiger partial charge in [0.25, 0.3) is 0 Å². The zero-order valence-corrected chi connectivity index (χ0v) is 14.4. The van der Waals surface area contributed by atoms with E-state index in [1.807, 2.05) is 6.92 Å². The first-order valence-corrected chi connectivity index (χ1v) is 8.45. The van der Waals surface area contributed by atoms with Crippen molar-refractivity contribution in [1.82, 2.24) is 15.2 Å². The number of hydrogen-bond acceptors (Lipinski definition) is 4. The third-order valence-corrected chi connectivity index (χ3v) is 4.07. The second kappa shape index (κ2) is 9.10. The van der Waals surface area contributed by atoms with Crippen molar-refractivity contribution in [3.8, 4) is 5.88 Å². The molecule has 1 fully saturated rings. The zero-order chi connectivity index (χ0) is 17.4. The largest absolute Gasteiger partial charge is 0.481 e. The molecule has 132 valence electrons. The standard InChI is InChI=1S/C17H26N4O3/c1-3-5-15(22)18-10-13-6-4-9-21(12-13)17(23)20-14-7-8-16(24-2)19-11-14/h7-8,11,13H,3-6,9-10,12H2,1-2H3,(H,18,22)(H,20,23)/t13-/m1/s1. The predicted molar refractivity (Wildman–Crippen MR) is 92.0 cm³/mol. The number of carbonyl (C=O) groups excluding carboxylic acids is 2. The van der Waals surface area contributed by atoms with E-state index in [0.29, 0.717) is 37.0 Å². The van der Waals surface area contributed by atoms with Crippen molar-refractivity contribution in [2.75, 3.05) is 32.1 Å². The van der Waals surface area contributed by atoms with Crippen molar-refractivity contribution < 1.29 is 14.3 Å². The molecule has 3 amide bonds. The molecular formula is C17H26N4O3. The quantitative estimate of drug-likeness (QED) is 0.836. The number of nitrogens with one attached hydrogen (secondary N) is 2. The van der Waals surface area contributed by atoms with E-state index in [1.54, 1.807) is 30.3 Å². The highest BCUT2D eigenvalue weighted by molar-refractivity contribution is 5.89. The van der Waals surface area contributed by atoms with Crippen LogP contribution in [0.15, 0.2) is 18.3 Å². The van der Waals surface area contributed by atoms with Gasteiger partial charge in [-0.2, -0.15) is 0 Å². The number of likely N-dealkylation sites (tertiary alicyclic amines) is 1. The fraction of sp³-hybridized carbons (Fsp3) is 0.588. The molecule has 7 heteroatoms. The first kappa shape index (κ1) is 18.0. The van der Waals surface area contributed by atoms with Gasteiger partial charge < -0.3 is 20.3 Å². The second-order valence-electron chi connectivity index (χ2n) is 6.03. The summed E-state index contributed by atoms with van der Waals surface area (Å²) in [5.74, 6) is 0.900. The van der Waals surface area contributed by atoms with E-state index in [-0.39, 0.29) is 11.9 Å². The molecule has 2 N–H and O–H groups in total. The van der Waals surface area contributed by atoms with Crippen LogP contribution in [0.4, 0.5) is 10.5 Å². The van der Waals surface area contributed by atoms with Gasteiger partial charge in [0, 0.05) is 32.1 Å². The summed E-state index contributed by atoms with van der Waals surface area (Å²) in [5, 5.41) is 5.80. The van der Waals surface area contributed by atoms with Crippen LogP contribution in [0.3, 0.4) is 0 Å². The van der Waals surface area contributed by atoms with Crippen LogP contribution in [0, 0.1) is 5.92 Å². The molecule has 1 aliphatic rings. The fourth-order valence-electron chi connectivity index (χ4n) is 2.77. The molecule has 1 saturated heterocycles. The van der Waals surface area contributed by atoms with Gasteiger partial charge in [-0.3, -0.25) is 4.79 Å². The van der Waals surface area contributed by atoms with E-state index >= 15 is 0 Å². The third kappa shape index (κ3) is 5.40. The van der Waals surface area contributed by atoms with Crippen LogP contribution >= 0.6 is 0 Å². The van der Waals surface area contributed by atoms with Gasteiger partial charge >= 0.3 is 6.03 Å².